The number of hydrogen-bond acceptors (Lipinski definition) is 6. The second-order valence-corrected chi connectivity index (χ2v) is 8.22. The minimum absolute atomic E-state index is 0.0465. The van der Waals surface area contributed by atoms with Gasteiger partial charge in [0.15, 0.2) is 0 Å². The molecule has 4 N–H and O–H groups in total. The number of nitrogens with one attached hydrogen (secondary N) is 1. The number of aliphatic hydroxyl groups is 2. The van der Waals surface area contributed by atoms with Crippen molar-refractivity contribution in [3.63, 3.8) is 0 Å². The van der Waals surface area contributed by atoms with Crippen LogP contribution in [0.3, 0.4) is 0 Å². The maximum atomic E-state index is 10.2. The fourth-order valence-electron chi connectivity index (χ4n) is 3.57. The van der Waals surface area contributed by atoms with Crippen molar-refractivity contribution in [2.24, 2.45) is 0 Å². The Morgan fingerprint density at radius 1 is 0.906 bits per heavy atom. The molecule has 6 heteroatoms. The van der Waals surface area contributed by atoms with Gasteiger partial charge in [-0.3, -0.25) is 0 Å². The Bertz CT molecular complexity index is 776. The van der Waals surface area contributed by atoms with Crippen molar-refractivity contribution in [2.45, 2.75) is 58.8 Å². The van der Waals surface area contributed by atoms with Gasteiger partial charge < -0.3 is 30.1 Å². The van der Waals surface area contributed by atoms with Crippen LogP contribution in [0.1, 0.15) is 59.6 Å². The molecule has 0 amide bonds. The van der Waals surface area contributed by atoms with Gasteiger partial charge in [0.25, 0.3) is 0 Å². The third-order valence-electron chi connectivity index (χ3n) is 5.65. The van der Waals surface area contributed by atoms with Crippen LogP contribution < -0.4 is 5.32 Å². The molecule has 0 spiro atoms. The van der Waals surface area contributed by atoms with E-state index in [2.05, 4.69) is 37.4 Å². The van der Waals surface area contributed by atoms with Gasteiger partial charge >= 0.3 is 0 Å². The summed E-state index contributed by atoms with van der Waals surface area (Å²) in [7, 11) is 0. The molecule has 0 fully saturated rings. The Hall–Kier alpha value is -1.96. The molecule has 0 heterocycles. The Morgan fingerprint density at radius 3 is 2.38 bits per heavy atom. The van der Waals surface area contributed by atoms with Crippen LogP contribution in [0.5, 0.6) is 5.75 Å². The van der Waals surface area contributed by atoms with Crippen LogP contribution in [0.2, 0.25) is 0 Å². The number of ether oxygens (including phenoxy) is 2. The van der Waals surface area contributed by atoms with Crippen molar-refractivity contribution in [3.05, 3.63) is 64.2 Å². The van der Waals surface area contributed by atoms with Crippen LogP contribution in [0.15, 0.2) is 36.4 Å². The van der Waals surface area contributed by atoms with E-state index in [-0.39, 0.29) is 12.4 Å². The quantitative estimate of drug-likeness (QED) is 0.293. The van der Waals surface area contributed by atoms with Crippen LogP contribution in [-0.2, 0) is 22.7 Å². The molecule has 6 nitrogen and oxygen atoms in total. The first-order valence-corrected chi connectivity index (χ1v) is 11.5. The third kappa shape index (κ3) is 9.27. The van der Waals surface area contributed by atoms with Gasteiger partial charge in [0.2, 0.25) is 0 Å². The summed E-state index contributed by atoms with van der Waals surface area (Å²) in [5, 5.41) is 32.3. The summed E-state index contributed by atoms with van der Waals surface area (Å²) in [4.78, 5) is 0. The Morgan fingerprint density at radius 2 is 1.62 bits per heavy atom. The van der Waals surface area contributed by atoms with Crippen LogP contribution in [0.25, 0.3) is 0 Å². The minimum atomic E-state index is -0.661. The standard InChI is InChI=1S/C26H39NO5/c1-20-8-7-9-21(2)24(20)19-32-15-14-31-13-6-4-3-5-12-27-17-26(30)22-10-11-25(29)23(16-22)18-28/h7-11,16,26-30H,3-6,12-15,17-19H2,1-2H3/t26-/m0/s1. The Labute approximate surface area is 192 Å². The highest BCUT2D eigenvalue weighted by molar-refractivity contribution is 5.36. The van der Waals surface area contributed by atoms with E-state index in [1.54, 1.807) is 12.1 Å². The van der Waals surface area contributed by atoms with E-state index in [1.807, 2.05) is 0 Å². The molecular weight excluding hydrogens is 406 g/mol. The fourth-order valence-corrected chi connectivity index (χ4v) is 3.57. The predicted octanol–water partition coefficient (Wildman–Crippen LogP) is 3.92. The van der Waals surface area contributed by atoms with Gasteiger partial charge in [-0.1, -0.05) is 37.1 Å². The van der Waals surface area contributed by atoms with Gasteiger partial charge in [-0.2, -0.15) is 0 Å². The van der Waals surface area contributed by atoms with Gasteiger partial charge in [-0.25, -0.2) is 0 Å². The zero-order valence-corrected chi connectivity index (χ0v) is 19.5. The first kappa shape index (κ1) is 26.3. The lowest BCUT2D eigenvalue weighted by Crippen LogP contribution is -2.22. The Balaban J connectivity index is 1.42. The average Bonchev–Trinajstić information content (AvgIpc) is 2.78. The number of benzene rings is 2. The molecule has 0 aliphatic carbocycles. The van der Waals surface area contributed by atoms with Crippen LogP contribution in [-0.4, -0.2) is 48.2 Å². The normalized spacial score (nSPS) is 12.2. The molecule has 0 radical (unpaired) electrons. The molecule has 2 aromatic rings. The zero-order valence-electron chi connectivity index (χ0n) is 19.5. The molecule has 2 rings (SSSR count). The molecule has 0 saturated heterocycles. The summed E-state index contributed by atoms with van der Waals surface area (Å²) in [6.45, 7) is 7.90. The van der Waals surface area contributed by atoms with Crippen molar-refractivity contribution < 1.29 is 24.8 Å². The van der Waals surface area contributed by atoms with E-state index in [0.717, 1.165) is 38.8 Å². The molecule has 178 valence electrons. The SMILES string of the molecule is Cc1cccc(C)c1COCCOCCCCCCNC[C@H](O)c1ccc(O)c(CO)c1. The van der Waals surface area contributed by atoms with Crippen molar-refractivity contribution in [3.8, 4) is 5.75 Å². The predicted molar refractivity (Wildman–Crippen MR) is 127 cm³/mol. The van der Waals surface area contributed by atoms with E-state index < -0.39 is 6.10 Å². The first-order chi connectivity index (χ1) is 15.5. The summed E-state index contributed by atoms with van der Waals surface area (Å²) in [5.41, 5.74) is 4.93. The van der Waals surface area contributed by atoms with Gasteiger partial charge in [0.1, 0.15) is 5.75 Å². The van der Waals surface area contributed by atoms with Crippen LogP contribution in [0.4, 0.5) is 0 Å². The fraction of sp³-hybridized carbons (Fsp3) is 0.538. The maximum absolute atomic E-state index is 10.2. The zero-order chi connectivity index (χ0) is 23.2. The molecular formula is C26H39NO5. The van der Waals surface area contributed by atoms with Crippen molar-refractivity contribution in [1.29, 1.82) is 0 Å². The number of aromatic hydroxyl groups is 1. The molecule has 32 heavy (non-hydrogen) atoms. The highest BCUT2D eigenvalue weighted by Gasteiger charge is 2.10. The lowest BCUT2D eigenvalue weighted by molar-refractivity contribution is 0.0389. The molecule has 1 atom stereocenters. The summed E-state index contributed by atoms with van der Waals surface area (Å²) in [5.74, 6) is 0.0465. The van der Waals surface area contributed by atoms with E-state index >= 15 is 0 Å². The monoisotopic (exact) mass is 445 g/mol. The highest BCUT2D eigenvalue weighted by atomic mass is 16.5. The summed E-state index contributed by atoms with van der Waals surface area (Å²) in [6, 6.07) is 11.1. The number of aliphatic hydroxyl groups excluding tert-OH is 2. The van der Waals surface area contributed by atoms with E-state index in [0.29, 0.717) is 37.5 Å². The lowest BCUT2D eigenvalue weighted by atomic mass is 10.0. The lowest BCUT2D eigenvalue weighted by Gasteiger charge is -2.14. The highest BCUT2D eigenvalue weighted by Crippen LogP contribution is 2.22. The van der Waals surface area contributed by atoms with Gasteiger partial charge in [-0.15, -0.1) is 0 Å². The van der Waals surface area contributed by atoms with Gasteiger partial charge in [0, 0.05) is 18.7 Å². The first-order valence-electron chi connectivity index (χ1n) is 11.5. The number of rotatable bonds is 16. The molecule has 0 bridgehead atoms. The molecule has 2 aromatic carbocycles. The molecule has 0 aliphatic heterocycles. The summed E-state index contributed by atoms with van der Waals surface area (Å²) >= 11 is 0. The van der Waals surface area contributed by atoms with E-state index in [9.17, 15) is 15.3 Å². The van der Waals surface area contributed by atoms with Crippen LogP contribution >= 0.6 is 0 Å². The number of phenols is 1. The smallest absolute Gasteiger partial charge is 0.121 e. The summed E-state index contributed by atoms with van der Waals surface area (Å²) < 4.78 is 11.4. The topological polar surface area (TPSA) is 91.2 Å². The second kappa shape index (κ2) is 15.0. The molecule has 0 aromatic heterocycles. The van der Waals surface area contributed by atoms with Crippen LogP contribution in [0, 0.1) is 13.8 Å². The van der Waals surface area contributed by atoms with Crippen molar-refractivity contribution in [1.82, 2.24) is 5.32 Å². The van der Waals surface area contributed by atoms with Gasteiger partial charge in [0.05, 0.1) is 32.5 Å². The minimum Gasteiger partial charge on any atom is -0.508 e. The van der Waals surface area contributed by atoms with Crippen molar-refractivity contribution in [2.75, 3.05) is 32.9 Å². The second-order valence-electron chi connectivity index (χ2n) is 8.22. The maximum Gasteiger partial charge on any atom is 0.121 e. The van der Waals surface area contributed by atoms with E-state index in [1.165, 1.54) is 22.8 Å². The largest absolute Gasteiger partial charge is 0.508 e. The number of aryl methyl sites for hydroxylation is 2. The summed E-state index contributed by atoms with van der Waals surface area (Å²) in [6.07, 6.45) is 3.65. The Kier molecular flexibility index (Phi) is 12.3. The van der Waals surface area contributed by atoms with Gasteiger partial charge in [-0.05, 0) is 67.6 Å². The van der Waals surface area contributed by atoms with E-state index in [4.69, 9.17) is 9.47 Å². The number of hydrogen-bond donors (Lipinski definition) is 4. The molecule has 0 aliphatic rings. The number of unbranched alkanes of at least 4 members (excludes halogenated alkanes) is 3. The molecule has 0 unspecified atom stereocenters. The third-order valence-corrected chi connectivity index (χ3v) is 5.65. The van der Waals surface area contributed by atoms with Crippen molar-refractivity contribution >= 4 is 0 Å². The molecule has 0 saturated carbocycles. The average molecular weight is 446 g/mol.